The van der Waals surface area contributed by atoms with Crippen molar-refractivity contribution < 1.29 is 8.42 Å². The van der Waals surface area contributed by atoms with E-state index >= 15 is 0 Å². The van der Waals surface area contributed by atoms with Crippen molar-refractivity contribution in [2.45, 2.75) is 17.4 Å². The molecule has 0 saturated carbocycles. The maximum atomic E-state index is 12.9. The van der Waals surface area contributed by atoms with E-state index in [0.717, 1.165) is 16.7 Å². The van der Waals surface area contributed by atoms with Gasteiger partial charge in [0.25, 0.3) is 0 Å². The number of pyridine rings is 2. The first-order valence-electron chi connectivity index (χ1n) is 9.59. The summed E-state index contributed by atoms with van der Waals surface area (Å²) in [5.41, 5.74) is 3.93. The lowest BCUT2D eigenvalue weighted by molar-refractivity contribution is 0.549. The molecule has 6 heteroatoms. The van der Waals surface area contributed by atoms with E-state index < -0.39 is 16.1 Å². The minimum absolute atomic E-state index is 0.130. The zero-order valence-corrected chi connectivity index (χ0v) is 17.0. The van der Waals surface area contributed by atoms with Crippen LogP contribution in [-0.2, 0) is 16.4 Å². The Kier molecular flexibility index (Phi) is 5.97. The molecule has 30 heavy (non-hydrogen) atoms. The summed E-state index contributed by atoms with van der Waals surface area (Å²) in [6.45, 7) is 0. The molecule has 2 heterocycles. The van der Waals surface area contributed by atoms with Gasteiger partial charge in [0.1, 0.15) is 4.90 Å². The Morgan fingerprint density at radius 1 is 0.767 bits per heavy atom. The minimum atomic E-state index is -3.73. The summed E-state index contributed by atoms with van der Waals surface area (Å²) < 4.78 is 28.5. The number of sulfonamides is 1. The Balaban J connectivity index is 1.60. The summed E-state index contributed by atoms with van der Waals surface area (Å²) >= 11 is 0. The van der Waals surface area contributed by atoms with E-state index in [1.165, 1.54) is 12.3 Å². The molecule has 1 N–H and O–H groups in total. The highest BCUT2D eigenvalue weighted by atomic mass is 32.2. The van der Waals surface area contributed by atoms with E-state index in [1.54, 1.807) is 18.5 Å². The first-order chi connectivity index (χ1) is 14.6. The highest BCUT2D eigenvalue weighted by Gasteiger charge is 2.23. The van der Waals surface area contributed by atoms with Crippen LogP contribution in [0.1, 0.15) is 17.3 Å². The molecule has 0 aliphatic heterocycles. The van der Waals surface area contributed by atoms with Gasteiger partial charge in [0.05, 0.1) is 11.7 Å². The third kappa shape index (κ3) is 4.79. The van der Waals surface area contributed by atoms with Crippen LogP contribution in [0.5, 0.6) is 0 Å². The lowest BCUT2D eigenvalue weighted by atomic mass is 9.99. The molecule has 0 saturated heterocycles. The highest BCUT2D eigenvalue weighted by Crippen LogP contribution is 2.23. The van der Waals surface area contributed by atoms with Gasteiger partial charge in [-0.05, 0) is 47.4 Å². The second kappa shape index (κ2) is 8.98. The summed E-state index contributed by atoms with van der Waals surface area (Å²) in [4.78, 5) is 8.42. The van der Waals surface area contributed by atoms with Gasteiger partial charge in [0.15, 0.2) is 0 Å². The van der Waals surface area contributed by atoms with Crippen LogP contribution in [-0.4, -0.2) is 18.4 Å². The van der Waals surface area contributed by atoms with Gasteiger partial charge in [0.2, 0.25) is 10.0 Å². The van der Waals surface area contributed by atoms with E-state index in [2.05, 4.69) is 39.0 Å². The molecule has 1 unspecified atom stereocenters. The monoisotopic (exact) mass is 415 g/mol. The Hall–Kier alpha value is -3.35. The molecule has 2 aromatic heterocycles. The average Bonchev–Trinajstić information content (AvgIpc) is 2.81. The molecule has 0 amide bonds. The molecule has 0 fully saturated rings. The van der Waals surface area contributed by atoms with Crippen molar-refractivity contribution >= 4 is 10.0 Å². The second-order valence-electron chi connectivity index (χ2n) is 6.88. The predicted molar refractivity (Wildman–Crippen MR) is 117 cm³/mol. The molecule has 0 spiro atoms. The van der Waals surface area contributed by atoms with Gasteiger partial charge in [-0.15, -0.1) is 0 Å². The number of hydrogen-bond donors (Lipinski definition) is 1. The molecule has 0 aliphatic carbocycles. The van der Waals surface area contributed by atoms with Gasteiger partial charge in [-0.3, -0.25) is 9.97 Å². The average molecular weight is 416 g/mol. The van der Waals surface area contributed by atoms with E-state index in [4.69, 9.17) is 0 Å². The Bertz CT molecular complexity index is 1180. The Morgan fingerprint density at radius 3 is 2.17 bits per heavy atom. The van der Waals surface area contributed by atoms with Crippen LogP contribution in [0, 0.1) is 0 Å². The SMILES string of the molecule is O=S(=O)(NC(Cc1ccc(-c2ccccc2)cc1)c1ccccn1)c1cccnc1. The van der Waals surface area contributed by atoms with Crippen molar-refractivity contribution in [3.63, 3.8) is 0 Å². The van der Waals surface area contributed by atoms with Gasteiger partial charge < -0.3 is 0 Å². The van der Waals surface area contributed by atoms with Gasteiger partial charge >= 0.3 is 0 Å². The quantitative estimate of drug-likeness (QED) is 0.485. The second-order valence-corrected chi connectivity index (χ2v) is 8.60. The van der Waals surface area contributed by atoms with Crippen molar-refractivity contribution in [3.8, 4) is 11.1 Å². The van der Waals surface area contributed by atoms with Crippen LogP contribution in [0.25, 0.3) is 11.1 Å². The smallest absolute Gasteiger partial charge is 0.242 e. The van der Waals surface area contributed by atoms with E-state index in [0.29, 0.717) is 12.1 Å². The van der Waals surface area contributed by atoms with Crippen molar-refractivity contribution in [1.82, 2.24) is 14.7 Å². The molecule has 0 aliphatic rings. The number of rotatable bonds is 7. The molecule has 0 radical (unpaired) electrons. The van der Waals surface area contributed by atoms with Gasteiger partial charge in [0, 0.05) is 18.6 Å². The van der Waals surface area contributed by atoms with E-state index in [-0.39, 0.29) is 4.90 Å². The first kappa shape index (κ1) is 19.9. The van der Waals surface area contributed by atoms with Gasteiger partial charge in [-0.25, -0.2) is 13.1 Å². The number of aromatic nitrogens is 2. The Labute approximate surface area is 176 Å². The summed E-state index contributed by atoms with van der Waals surface area (Å²) in [6.07, 6.45) is 5.03. The lowest BCUT2D eigenvalue weighted by Crippen LogP contribution is -2.30. The molecule has 150 valence electrons. The summed E-state index contributed by atoms with van der Waals surface area (Å²) in [6, 6.07) is 26.4. The van der Waals surface area contributed by atoms with Crippen LogP contribution >= 0.6 is 0 Å². The molecule has 0 bridgehead atoms. The molecular formula is C24H21N3O2S. The van der Waals surface area contributed by atoms with E-state index in [1.807, 2.05) is 48.5 Å². The molecule has 4 rings (SSSR count). The lowest BCUT2D eigenvalue weighted by Gasteiger charge is -2.19. The highest BCUT2D eigenvalue weighted by molar-refractivity contribution is 7.89. The predicted octanol–water partition coefficient (Wildman–Crippen LogP) is 4.41. The van der Waals surface area contributed by atoms with Crippen molar-refractivity contribution in [1.29, 1.82) is 0 Å². The zero-order chi connectivity index (χ0) is 20.8. The van der Waals surface area contributed by atoms with Crippen molar-refractivity contribution in [2.24, 2.45) is 0 Å². The molecule has 1 atom stereocenters. The summed E-state index contributed by atoms with van der Waals surface area (Å²) in [7, 11) is -3.73. The number of hydrogen-bond acceptors (Lipinski definition) is 4. The number of benzene rings is 2. The fourth-order valence-electron chi connectivity index (χ4n) is 3.25. The third-order valence-corrected chi connectivity index (χ3v) is 6.24. The third-order valence-electron chi connectivity index (χ3n) is 4.79. The van der Waals surface area contributed by atoms with Crippen LogP contribution in [0.4, 0.5) is 0 Å². The molecule has 5 nitrogen and oxygen atoms in total. The maximum absolute atomic E-state index is 12.9. The molecule has 2 aromatic carbocycles. The molecule has 4 aromatic rings. The summed E-state index contributed by atoms with van der Waals surface area (Å²) in [5.74, 6) is 0. The van der Waals surface area contributed by atoms with Crippen LogP contribution in [0.15, 0.2) is 108 Å². The van der Waals surface area contributed by atoms with Crippen LogP contribution in [0.3, 0.4) is 0 Å². The van der Waals surface area contributed by atoms with Gasteiger partial charge in [-0.1, -0.05) is 60.7 Å². The van der Waals surface area contributed by atoms with Gasteiger partial charge in [-0.2, -0.15) is 0 Å². The topological polar surface area (TPSA) is 72.0 Å². The fraction of sp³-hybridized carbons (Fsp3) is 0.0833. The minimum Gasteiger partial charge on any atom is -0.263 e. The van der Waals surface area contributed by atoms with Crippen LogP contribution < -0.4 is 4.72 Å². The Morgan fingerprint density at radius 2 is 1.50 bits per heavy atom. The standard InChI is InChI=1S/C24H21N3O2S/c28-30(29,22-9-6-15-25-18-22)27-24(23-10-4-5-16-26-23)17-19-11-13-21(14-12-19)20-7-2-1-3-8-20/h1-16,18,24,27H,17H2. The maximum Gasteiger partial charge on any atom is 0.242 e. The van der Waals surface area contributed by atoms with Crippen LogP contribution in [0.2, 0.25) is 0 Å². The molecular weight excluding hydrogens is 394 g/mol. The van der Waals surface area contributed by atoms with Crippen molar-refractivity contribution in [3.05, 3.63) is 115 Å². The first-order valence-corrected chi connectivity index (χ1v) is 11.1. The van der Waals surface area contributed by atoms with Crippen molar-refractivity contribution in [2.75, 3.05) is 0 Å². The largest absolute Gasteiger partial charge is 0.263 e. The van der Waals surface area contributed by atoms with E-state index in [9.17, 15) is 8.42 Å². The normalized spacial score (nSPS) is 12.4. The zero-order valence-electron chi connectivity index (χ0n) is 16.2. The number of nitrogens with one attached hydrogen (secondary N) is 1. The number of nitrogens with zero attached hydrogens (tertiary/aromatic N) is 2. The summed E-state index contributed by atoms with van der Waals surface area (Å²) in [5, 5.41) is 0. The fourth-order valence-corrected chi connectivity index (χ4v) is 4.42.